The zero-order valence-corrected chi connectivity index (χ0v) is 14.2. The van der Waals surface area contributed by atoms with Gasteiger partial charge in [-0.2, -0.15) is 0 Å². The van der Waals surface area contributed by atoms with Gasteiger partial charge in [0.15, 0.2) is 0 Å². The summed E-state index contributed by atoms with van der Waals surface area (Å²) in [5.74, 6) is -0.881. The first kappa shape index (κ1) is 17.4. The zero-order valence-electron chi connectivity index (χ0n) is 12.7. The van der Waals surface area contributed by atoms with Crippen LogP contribution in [0.15, 0.2) is 54.6 Å². The quantitative estimate of drug-likeness (QED) is 0.716. The molecule has 0 aliphatic rings. The molecule has 3 nitrogen and oxygen atoms in total. The number of nitrogens with zero attached hydrogens (tertiary/aromatic N) is 1. The molecule has 23 heavy (non-hydrogen) atoms. The molecule has 0 fully saturated rings. The molecule has 0 aromatic heterocycles. The SMILES string of the molecule is C/C=C/CN(c1ccccc1CC(=O)O)c1c(Cl)cccc1Cl. The molecule has 0 atom stereocenters. The Bertz CT molecular complexity index is 708. The number of hydrogen-bond donors (Lipinski definition) is 1. The van der Waals surface area contributed by atoms with Gasteiger partial charge in [-0.25, -0.2) is 0 Å². The average molecular weight is 350 g/mol. The fourth-order valence-electron chi connectivity index (χ4n) is 2.35. The number of hydrogen-bond acceptors (Lipinski definition) is 2. The van der Waals surface area contributed by atoms with E-state index in [1.165, 1.54) is 0 Å². The fraction of sp³-hybridized carbons (Fsp3) is 0.167. The van der Waals surface area contributed by atoms with Crippen LogP contribution in [-0.2, 0) is 11.2 Å². The van der Waals surface area contributed by atoms with Gasteiger partial charge in [0.05, 0.1) is 22.2 Å². The van der Waals surface area contributed by atoms with Crippen LogP contribution in [0.2, 0.25) is 10.0 Å². The second-order valence-corrected chi connectivity index (χ2v) is 5.76. The largest absolute Gasteiger partial charge is 0.481 e. The van der Waals surface area contributed by atoms with Crippen LogP contribution in [0.1, 0.15) is 12.5 Å². The molecule has 0 saturated heterocycles. The van der Waals surface area contributed by atoms with Crippen molar-refractivity contribution in [2.24, 2.45) is 0 Å². The summed E-state index contributed by atoms with van der Waals surface area (Å²) in [7, 11) is 0. The number of halogens is 2. The van der Waals surface area contributed by atoms with Crippen molar-refractivity contribution in [2.75, 3.05) is 11.4 Å². The van der Waals surface area contributed by atoms with Crippen LogP contribution in [-0.4, -0.2) is 17.6 Å². The number of allylic oxidation sites excluding steroid dienone is 1. The van der Waals surface area contributed by atoms with Crippen LogP contribution >= 0.6 is 23.2 Å². The topological polar surface area (TPSA) is 40.5 Å². The predicted octanol–water partition coefficient (Wildman–Crippen LogP) is 5.33. The van der Waals surface area contributed by atoms with E-state index in [2.05, 4.69) is 0 Å². The highest BCUT2D eigenvalue weighted by atomic mass is 35.5. The number of anilines is 2. The highest BCUT2D eigenvalue weighted by molar-refractivity contribution is 6.39. The van der Waals surface area contributed by atoms with E-state index >= 15 is 0 Å². The summed E-state index contributed by atoms with van der Waals surface area (Å²) in [4.78, 5) is 13.1. The van der Waals surface area contributed by atoms with Crippen molar-refractivity contribution < 1.29 is 9.90 Å². The Kier molecular flexibility index (Phi) is 6.08. The van der Waals surface area contributed by atoms with Crippen molar-refractivity contribution >= 4 is 40.5 Å². The standard InChI is InChI=1S/C18H17Cl2NO2/c1-2-3-11-21(18-14(19)8-6-9-15(18)20)16-10-5-4-7-13(16)12-17(22)23/h2-10H,11-12H2,1H3,(H,22,23)/b3-2+. The van der Waals surface area contributed by atoms with E-state index in [1.807, 2.05) is 42.2 Å². The van der Waals surface area contributed by atoms with Crippen LogP contribution in [0.5, 0.6) is 0 Å². The lowest BCUT2D eigenvalue weighted by molar-refractivity contribution is -0.136. The number of carboxylic acids is 1. The lowest BCUT2D eigenvalue weighted by atomic mass is 10.1. The Balaban J connectivity index is 2.58. The molecular formula is C18H17Cl2NO2. The number of rotatable bonds is 6. The van der Waals surface area contributed by atoms with Gasteiger partial charge in [-0.15, -0.1) is 0 Å². The van der Waals surface area contributed by atoms with Crippen molar-refractivity contribution in [3.63, 3.8) is 0 Å². The van der Waals surface area contributed by atoms with E-state index in [1.54, 1.807) is 24.3 Å². The maximum atomic E-state index is 11.1. The van der Waals surface area contributed by atoms with E-state index in [-0.39, 0.29) is 6.42 Å². The summed E-state index contributed by atoms with van der Waals surface area (Å²) in [6, 6.07) is 12.7. The van der Waals surface area contributed by atoms with Gasteiger partial charge in [0.25, 0.3) is 0 Å². The Hall–Kier alpha value is -1.97. The summed E-state index contributed by atoms with van der Waals surface area (Å²) in [5, 5.41) is 10.2. The maximum Gasteiger partial charge on any atom is 0.307 e. The molecule has 120 valence electrons. The molecule has 2 aromatic carbocycles. The second-order valence-electron chi connectivity index (χ2n) is 4.95. The minimum absolute atomic E-state index is 0.0649. The molecule has 0 saturated carbocycles. The molecule has 0 aliphatic heterocycles. The first-order valence-electron chi connectivity index (χ1n) is 7.17. The Labute approximate surface area is 145 Å². The molecule has 0 unspecified atom stereocenters. The van der Waals surface area contributed by atoms with Crippen LogP contribution in [0.3, 0.4) is 0 Å². The number of carboxylic acid groups (broad SMARTS) is 1. The molecular weight excluding hydrogens is 333 g/mol. The molecule has 0 spiro atoms. The van der Waals surface area contributed by atoms with Gasteiger partial charge < -0.3 is 10.0 Å². The monoisotopic (exact) mass is 349 g/mol. The number of para-hydroxylation sites is 2. The third-order valence-corrected chi connectivity index (χ3v) is 3.97. The molecule has 2 rings (SSSR count). The van der Waals surface area contributed by atoms with Gasteiger partial charge in [-0.1, -0.05) is 59.6 Å². The van der Waals surface area contributed by atoms with Gasteiger partial charge >= 0.3 is 5.97 Å². The lowest BCUT2D eigenvalue weighted by Crippen LogP contribution is -2.20. The van der Waals surface area contributed by atoms with Crippen molar-refractivity contribution in [1.29, 1.82) is 0 Å². The van der Waals surface area contributed by atoms with Gasteiger partial charge in [0.1, 0.15) is 0 Å². The molecule has 0 amide bonds. The van der Waals surface area contributed by atoms with Crippen molar-refractivity contribution in [3.05, 3.63) is 70.2 Å². The Morgan fingerprint density at radius 1 is 1.13 bits per heavy atom. The molecule has 0 heterocycles. The maximum absolute atomic E-state index is 11.1. The molecule has 5 heteroatoms. The van der Waals surface area contributed by atoms with E-state index in [4.69, 9.17) is 28.3 Å². The first-order chi connectivity index (χ1) is 11.0. The lowest BCUT2D eigenvalue weighted by Gasteiger charge is -2.27. The van der Waals surface area contributed by atoms with E-state index < -0.39 is 5.97 Å². The number of benzene rings is 2. The molecule has 2 aromatic rings. The van der Waals surface area contributed by atoms with Gasteiger partial charge in [0, 0.05) is 12.2 Å². The Morgan fingerprint density at radius 2 is 1.78 bits per heavy atom. The smallest absolute Gasteiger partial charge is 0.307 e. The Morgan fingerprint density at radius 3 is 2.39 bits per heavy atom. The third-order valence-electron chi connectivity index (χ3n) is 3.36. The molecule has 0 radical (unpaired) electrons. The van der Waals surface area contributed by atoms with E-state index in [0.29, 0.717) is 27.8 Å². The zero-order chi connectivity index (χ0) is 16.8. The van der Waals surface area contributed by atoms with Crippen LogP contribution in [0, 0.1) is 0 Å². The number of carbonyl (C=O) groups is 1. The van der Waals surface area contributed by atoms with Crippen molar-refractivity contribution in [3.8, 4) is 0 Å². The summed E-state index contributed by atoms with van der Waals surface area (Å²) in [6.45, 7) is 2.46. The molecule has 0 aliphatic carbocycles. The highest BCUT2D eigenvalue weighted by Gasteiger charge is 2.18. The van der Waals surface area contributed by atoms with Crippen LogP contribution in [0.4, 0.5) is 11.4 Å². The fourth-order valence-corrected chi connectivity index (χ4v) is 2.96. The third kappa shape index (κ3) is 4.27. The van der Waals surface area contributed by atoms with Crippen molar-refractivity contribution in [1.82, 2.24) is 0 Å². The summed E-state index contributed by atoms with van der Waals surface area (Å²) < 4.78 is 0. The minimum atomic E-state index is -0.881. The molecule has 0 bridgehead atoms. The predicted molar refractivity (Wildman–Crippen MR) is 96.1 cm³/mol. The van der Waals surface area contributed by atoms with Gasteiger partial charge in [-0.3, -0.25) is 4.79 Å². The summed E-state index contributed by atoms with van der Waals surface area (Å²) >= 11 is 12.7. The minimum Gasteiger partial charge on any atom is -0.481 e. The number of aliphatic carboxylic acids is 1. The van der Waals surface area contributed by atoms with Crippen LogP contribution in [0.25, 0.3) is 0 Å². The van der Waals surface area contributed by atoms with Crippen LogP contribution < -0.4 is 4.90 Å². The van der Waals surface area contributed by atoms with Gasteiger partial charge in [-0.05, 0) is 30.7 Å². The average Bonchev–Trinajstić information content (AvgIpc) is 2.50. The van der Waals surface area contributed by atoms with E-state index in [9.17, 15) is 4.79 Å². The van der Waals surface area contributed by atoms with Gasteiger partial charge in [0.2, 0.25) is 0 Å². The van der Waals surface area contributed by atoms with Crippen molar-refractivity contribution in [2.45, 2.75) is 13.3 Å². The van der Waals surface area contributed by atoms with E-state index in [0.717, 1.165) is 5.69 Å². The normalized spacial score (nSPS) is 10.9. The first-order valence-corrected chi connectivity index (χ1v) is 7.92. The highest BCUT2D eigenvalue weighted by Crippen LogP contribution is 2.39. The molecule has 1 N–H and O–H groups in total. The summed E-state index contributed by atoms with van der Waals surface area (Å²) in [5.41, 5.74) is 2.16. The summed E-state index contributed by atoms with van der Waals surface area (Å²) in [6.07, 6.45) is 3.83. The second kappa shape index (κ2) is 8.04.